The van der Waals surface area contributed by atoms with Crippen LogP contribution in [0.2, 0.25) is 0 Å². The van der Waals surface area contributed by atoms with E-state index in [1.54, 1.807) is 0 Å². The number of hydrogen-bond donors (Lipinski definition) is 1. The van der Waals surface area contributed by atoms with Crippen molar-refractivity contribution in [1.82, 2.24) is 9.80 Å². The van der Waals surface area contributed by atoms with Crippen LogP contribution in [0.1, 0.15) is 60.5 Å². The van der Waals surface area contributed by atoms with Crippen LogP contribution >= 0.6 is 0 Å². The van der Waals surface area contributed by atoms with E-state index < -0.39 is 6.10 Å². The number of aliphatic hydroxyl groups excluding tert-OH is 1. The molecule has 2 fully saturated rings. The Kier molecular flexibility index (Phi) is 9.29. The van der Waals surface area contributed by atoms with Gasteiger partial charge in [-0.25, -0.2) is 0 Å². The largest absolute Gasteiger partial charge is 0.491 e. The summed E-state index contributed by atoms with van der Waals surface area (Å²) in [6.07, 6.45) is 3.10. The van der Waals surface area contributed by atoms with Crippen LogP contribution in [0.5, 0.6) is 5.75 Å². The molecule has 32 heavy (non-hydrogen) atoms. The highest BCUT2D eigenvalue weighted by Crippen LogP contribution is 2.31. The zero-order valence-corrected chi connectivity index (χ0v) is 20.1. The monoisotopic (exact) mass is 444 g/mol. The van der Waals surface area contributed by atoms with Crippen molar-refractivity contribution >= 4 is 5.78 Å². The molecule has 178 valence electrons. The van der Waals surface area contributed by atoms with Crippen molar-refractivity contribution in [2.24, 2.45) is 0 Å². The maximum atomic E-state index is 13.2. The lowest BCUT2D eigenvalue weighted by Crippen LogP contribution is -2.42. The summed E-state index contributed by atoms with van der Waals surface area (Å²) in [5.41, 5.74) is 3.23. The Morgan fingerprint density at radius 3 is 2.47 bits per heavy atom. The standard InChI is InChI=1S/C26H40N2O4/c1-19(2)23-15-24(26(30)21(4)16-27-8-6-5-7-9-27)20(3)14-25(23)32-18-22(29)17-28-10-12-31-13-11-28/h14-15,19,22,29H,4-13,16-18H2,1-3H3. The van der Waals surface area contributed by atoms with Crippen molar-refractivity contribution in [2.45, 2.75) is 52.1 Å². The Balaban J connectivity index is 1.65. The van der Waals surface area contributed by atoms with E-state index in [2.05, 4.69) is 30.2 Å². The van der Waals surface area contributed by atoms with Crippen LogP contribution in [0.3, 0.4) is 0 Å². The second-order valence-electron chi connectivity index (χ2n) is 9.51. The molecule has 2 saturated heterocycles. The fourth-order valence-corrected chi connectivity index (χ4v) is 4.49. The lowest BCUT2D eigenvalue weighted by molar-refractivity contribution is 0.00454. The average Bonchev–Trinajstić information content (AvgIpc) is 2.78. The minimum atomic E-state index is -0.570. The number of ether oxygens (including phenoxy) is 2. The number of piperidine rings is 1. The molecule has 0 amide bonds. The SMILES string of the molecule is C=C(CN1CCCCC1)C(=O)c1cc(C(C)C)c(OCC(O)CN2CCOCC2)cc1C. The Morgan fingerprint density at radius 1 is 1.12 bits per heavy atom. The van der Waals surface area contributed by atoms with Gasteiger partial charge in [0.05, 0.1) is 13.2 Å². The highest BCUT2D eigenvalue weighted by molar-refractivity contribution is 6.09. The first-order chi connectivity index (χ1) is 15.3. The van der Waals surface area contributed by atoms with E-state index in [4.69, 9.17) is 9.47 Å². The molecule has 2 aliphatic rings. The number of Topliss-reactive ketones (excluding diaryl/α,β-unsaturated/α-hetero) is 1. The smallest absolute Gasteiger partial charge is 0.189 e. The number of aryl methyl sites for hydroxylation is 1. The van der Waals surface area contributed by atoms with Gasteiger partial charge in [-0.2, -0.15) is 0 Å². The van der Waals surface area contributed by atoms with Gasteiger partial charge >= 0.3 is 0 Å². The lowest BCUT2D eigenvalue weighted by Gasteiger charge is -2.28. The van der Waals surface area contributed by atoms with Gasteiger partial charge in [0, 0.05) is 37.3 Å². The van der Waals surface area contributed by atoms with E-state index >= 15 is 0 Å². The number of hydrogen-bond acceptors (Lipinski definition) is 6. The van der Waals surface area contributed by atoms with Crippen molar-refractivity contribution in [3.8, 4) is 5.75 Å². The summed E-state index contributed by atoms with van der Waals surface area (Å²) in [6.45, 7) is 16.9. The summed E-state index contributed by atoms with van der Waals surface area (Å²) < 4.78 is 11.4. The third kappa shape index (κ3) is 6.88. The molecule has 1 unspecified atom stereocenters. The van der Waals surface area contributed by atoms with Crippen molar-refractivity contribution in [2.75, 3.05) is 59.1 Å². The first-order valence-electron chi connectivity index (χ1n) is 12.1. The number of benzene rings is 1. The Labute approximate surface area is 193 Å². The predicted octanol–water partition coefficient (Wildman–Crippen LogP) is 3.42. The molecule has 0 radical (unpaired) electrons. The second-order valence-corrected chi connectivity index (χ2v) is 9.51. The highest BCUT2D eigenvalue weighted by Gasteiger charge is 2.21. The summed E-state index contributed by atoms with van der Waals surface area (Å²) in [5, 5.41) is 10.5. The number of β-amino-alcohol motifs (C(OH)–C–C–N with tert-alkyl or cyclic N) is 1. The number of aliphatic hydroxyl groups is 1. The van der Waals surface area contributed by atoms with Gasteiger partial charge in [0.15, 0.2) is 5.78 Å². The Hall–Kier alpha value is -1.73. The molecule has 1 aromatic carbocycles. The van der Waals surface area contributed by atoms with Crippen molar-refractivity contribution in [3.63, 3.8) is 0 Å². The van der Waals surface area contributed by atoms with Crippen LogP contribution in [0.25, 0.3) is 0 Å². The van der Waals surface area contributed by atoms with Crippen LogP contribution in [0.15, 0.2) is 24.3 Å². The molecular weight excluding hydrogens is 404 g/mol. The molecule has 0 aromatic heterocycles. The summed E-state index contributed by atoms with van der Waals surface area (Å²) in [6, 6.07) is 3.91. The van der Waals surface area contributed by atoms with Gasteiger partial charge in [0.2, 0.25) is 0 Å². The average molecular weight is 445 g/mol. The highest BCUT2D eigenvalue weighted by atomic mass is 16.5. The lowest BCUT2D eigenvalue weighted by atomic mass is 9.92. The zero-order chi connectivity index (χ0) is 23.1. The summed E-state index contributed by atoms with van der Waals surface area (Å²) >= 11 is 0. The molecule has 0 saturated carbocycles. The van der Waals surface area contributed by atoms with E-state index in [0.717, 1.165) is 43.1 Å². The Bertz CT molecular complexity index is 780. The van der Waals surface area contributed by atoms with Crippen LogP contribution in [-0.2, 0) is 4.74 Å². The van der Waals surface area contributed by atoms with Crippen LogP contribution in [0, 0.1) is 6.92 Å². The fourth-order valence-electron chi connectivity index (χ4n) is 4.49. The molecule has 6 nitrogen and oxygen atoms in total. The molecule has 1 aromatic rings. The molecule has 2 aliphatic heterocycles. The van der Waals surface area contributed by atoms with Crippen molar-refractivity contribution in [3.05, 3.63) is 41.0 Å². The summed E-state index contributed by atoms with van der Waals surface area (Å²) in [7, 11) is 0. The van der Waals surface area contributed by atoms with Gasteiger partial charge in [0.25, 0.3) is 0 Å². The number of nitrogens with zero attached hydrogens (tertiary/aromatic N) is 2. The van der Waals surface area contributed by atoms with Gasteiger partial charge in [-0.3, -0.25) is 14.6 Å². The second kappa shape index (κ2) is 11.9. The van der Waals surface area contributed by atoms with Gasteiger partial charge in [-0.15, -0.1) is 0 Å². The minimum absolute atomic E-state index is 0.0221. The first-order valence-corrected chi connectivity index (χ1v) is 12.1. The number of likely N-dealkylation sites (tertiary alicyclic amines) is 1. The molecule has 0 spiro atoms. The minimum Gasteiger partial charge on any atom is -0.491 e. The third-order valence-electron chi connectivity index (χ3n) is 6.41. The fraction of sp³-hybridized carbons (Fsp3) is 0.654. The van der Waals surface area contributed by atoms with Crippen LogP contribution in [0.4, 0.5) is 0 Å². The van der Waals surface area contributed by atoms with Crippen molar-refractivity contribution < 1.29 is 19.4 Å². The number of carbonyl (C=O) groups is 1. The van der Waals surface area contributed by atoms with Gasteiger partial charge in [-0.1, -0.05) is 26.8 Å². The predicted molar refractivity (Wildman–Crippen MR) is 128 cm³/mol. The molecule has 3 rings (SSSR count). The van der Waals surface area contributed by atoms with E-state index in [0.29, 0.717) is 37.4 Å². The zero-order valence-electron chi connectivity index (χ0n) is 20.1. The molecular formula is C26H40N2O4. The van der Waals surface area contributed by atoms with E-state index in [-0.39, 0.29) is 18.3 Å². The van der Waals surface area contributed by atoms with Gasteiger partial charge in [-0.05, 0) is 62.0 Å². The van der Waals surface area contributed by atoms with Crippen molar-refractivity contribution in [1.29, 1.82) is 0 Å². The molecule has 1 N–H and O–H groups in total. The normalized spacial score (nSPS) is 19.2. The maximum Gasteiger partial charge on any atom is 0.189 e. The third-order valence-corrected chi connectivity index (χ3v) is 6.41. The topological polar surface area (TPSA) is 62.2 Å². The number of ketones is 1. The summed E-state index contributed by atoms with van der Waals surface area (Å²) in [4.78, 5) is 17.7. The molecule has 0 bridgehead atoms. The molecule has 1 atom stereocenters. The van der Waals surface area contributed by atoms with E-state index in [1.807, 2.05) is 19.1 Å². The molecule has 0 aliphatic carbocycles. The first kappa shape index (κ1) is 24.9. The van der Waals surface area contributed by atoms with E-state index in [1.165, 1.54) is 19.3 Å². The molecule has 6 heteroatoms. The number of rotatable bonds is 10. The van der Waals surface area contributed by atoms with Crippen LogP contribution in [-0.4, -0.2) is 85.9 Å². The number of carbonyl (C=O) groups excluding carboxylic acids is 1. The van der Waals surface area contributed by atoms with Crippen LogP contribution < -0.4 is 4.74 Å². The molecule has 2 heterocycles. The maximum absolute atomic E-state index is 13.2. The Morgan fingerprint density at radius 2 is 1.81 bits per heavy atom. The van der Waals surface area contributed by atoms with Gasteiger partial charge in [0.1, 0.15) is 18.5 Å². The van der Waals surface area contributed by atoms with E-state index in [9.17, 15) is 9.90 Å². The number of morpholine rings is 1. The summed E-state index contributed by atoms with van der Waals surface area (Å²) in [5.74, 6) is 0.967. The van der Waals surface area contributed by atoms with Gasteiger partial charge < -0.3 is 14.6 Å². The quantitative estimate of drug-likeness (QED) is 0.441.